The fraction of sp³-hybridized carbons (Fsp3) is 0.750. The number of carbonyl (C=O) groups is 1. The van der Waals surface area contributed by atoms with Gasteiger partial charge in [-0.3, -0.25) is 4.79 Å². The SMILES string of the molecule is CNCC(=O)NCB(O)O. The molecular formula is C4H11BN2O3. The fourth-order valence-electron chi connectivity index (χ4n) is 0.428. The van der Waals surface area contributed by atoms with Gasteiger partial charge in [0.2, 0.25) is 5.91 Å². The van der Waals surface area contributed by atoms with Crippen molar-refractivity contribution in [2.45, 2.75) is 0 Å². The Bertz CT molecular complexity index is 109. The largest absolute Gasteiger partial charge is 0.472 e. The van der Waals surface area contributed by atoms with Crippen molar-refractivity contribution in [2.24, 2.45) is 0 Å². The van der Waals surface area contributed by atoms with Crippen LogP contribution in [0.3, 0.4) is 0 Å². The molecule has 6 heteroatoms. The third-order valence-electron chi connectivity index (χ3n) is 0.819. The summed E-state index contributed by atoms with van der Waals surface area (Å²) in [6, 6.07) is 0. The maximum absolute atomic E-state index is 10.6. The highest BCUT2D eigenvalue weighted by atomic mass is 16.4. The molecule has 4 N–H and O–H groups in total. The van der Waals surface area contributed by atoms with Crippen molar-refractivity contribution < 1.29 is 14.8 Å². The van der Waals surface area contributed by atoms with E-state index in [0.717, 1.165) is 0 Å². The molecule has 0 rings (SSSR count). The van der Waals surface area contributed by atoms with Crippen molar-refractivity contribution in [3.8, 4) is 0 Å². The van der Waals surface area contributed by atoms with Crippen molar-refractivity contribution >= 4 is 13.0 Å². The number of rotatable bonds is 4. The number of carbonyl (C=O) groups excluding carboxylic acids is 1. The first kappa shape index (κ1) is 9.41. The van der Waals surface area contributed by atoms with Crippen LogP contribution in [0.5, 0.6) is 0 Å². The molecule has 0 saturated carbocycles. The molecule has 58 valence electrons. The second-order valence-electron chi connectivity index (χ2n) is 1.82. The van der Waals surface area contributed by atoms with Gasteiger partial charge in [0, 0.05) is 0 Å². The van der Waals surface area contributed by atoms with E-state index < -0.39 is 7.12 Å². The van der Waals surface area contributed by atoms with E-state index in [-0.39, 0.29) is 18.9 Å². The van der Waals surface area contributed by atoms with Crippen LogP contribution in [0.15, 0.2) is 0 Å². The molecule has 0 aromatic rings. The molecule has 0 aliphatic carbocycles. The minimum absolute atomic E-state index is 0.124. The van der Waals surface area contributed by atoms with Crippen molar-refractivity contribution in [3.05, 3.63) is 0 Å². The zero-order valence-corrected chi connectivity index (χ0v) is 5.79. The summed E-state index contributed by atoms with van der Waals surface area (Å²) >= 11 is 0. The van der Waals surface area contributed by atoms with Crippen molar-refractivity contribution in [1.29, 1.82) is 0 Å². The third kappa shape index (κ3) is 5.55. The second kappa shape index (κ2) is 5.22. The topological polar surface area (TPSA) is 81.6 Å². The molecule has 0 unspecified atom stereocenters. The van der Waals surface area contributed by atoms with Crippen LogP contribution >= 0.6 is 0 Å². The molecule has 0 aliphatic rings. The molecule has 5 nitrogen and oxygen atoms in total. The number of likely N-dealkylation sites (N-methyl/N-ethyl adjacent to an activating group) is 1. The highest BCUT2D eigenvalue weighted by molar-refractivity contribution is 6.41. The molecule has 0 bridgehead atoms. The number of hydrogen-bond donors (Lipinski definition) is 4. The molecular weight excluding hydrogens is 135 g/mol. The van der Waals surface area contributed by atoms with Crippen molar-refractivity contribution in [1.82, 2.24) is 10.6 Å². The lowest BCUT2D eigenvalue weighted by Gasteiger charge is -2.01. The predicted molar refractivity (Wildman–Crippen MR) is 37.1 cm³/mol. The zero-order valence-electron chi connectivity index (χ0n) is 5.79. The normalized spacial score (nSPS) is 9.10. The summed E-state index contributed by atoms with van der Waals surface area (Å²) in [7, 11) is 0.162. The van der Waals surface area contributed by atoms with Gasteiger partial charge in [0.05, 0.1) is 13.0 Å². The molecule has 0 atom stereocenters. The van der Waals surface area contributed by atoms with Gasteiger partial charge in [0.15, 0.2) is 0 Å². The van der Waals surface area contributed by atoms with E-state index >= 15 is 0 Å². The second-order valence-corrected chi connectivity index (χ2v) is 1.82. The maximum Gasteiger partial charge on any atom is 0.472 e. The standard InChI is InChI=1S/C4H11BN2O3/c1-6-2-4(8)7-3-5(9)10/h6,9-10H,2-3H2,1H3,(H,7,8). The van der Waals surface area contributed by atoms with Gasteiger partial charge in [-0.15, -0.1) is 0 Å². The van der Waals surface area contributed by atoms with Crippen LogP contribution in [0, 0.1) is 0 Å². The Morgan fingerprint density at radius 3 is 2.60 bits per heavy atom. The van der Waals surface area contributed by atoms with Gasteiger partial charge >= 0.3 is 7.12 Å². The highest BCUT2D eigenvalue weighted by Crippen LogP contribution is 1.65. The average Bonchev–Trinajstić information content (AvgIpc) is 1.85. The average molecular weight is 146 g/mol. The van der Waals surface area contributed by atoms with E-state index in [1.165, 1.54) is 0 Å². The Balaban J connectivity index is 3.22. The summed E-state index contributed by atoms with van der Waals surface area (Å²) in [5.74, 6) is -0.254. The smallest absolute Gasteiger partial charge is 0.426 e. The Morgan fingerprint density at radius 1 is 1.60 bits per heavy atom. The molecule has 10 heavy (non-hydrogen) atoms. The summed E-state index contributed by atoms with van der Waals surface area (Å²) in [5, 5.41) is 21.5. The monoisotopic (exact) mass is 146 g/mol. The summed E-state index contributed by atoms with van der Waals surface area (Å²) < 4.78 is 0. The molecule has 0 aliphatic heterocycles. The summed E-state index contributed by atoms with van der Waals surface area (Å²) in [6.07, 6.45) is -0.124. The van der Waals surface area contributed by atoms with Crippen LogP contribution in [0.1, 0.15) is 0 Å². The van der Waals surface area contributed by atoms with Gasteiger partial charge in [-0.2, -0.15) is 0 Å². The first-order valence-electron chi connectivity index (χ1n) is 2.94. The minimum Gasteiger partial charge on any atom is -0.426 e. The number of nitrogens with one attached hydrogen (secondary N) is 2. The lowest BCUT2D eigenvalue weighted by Crippen LogP contribution is -2.39. The molecule has 0 heterocycles. The van der Waals surface area contributed by atoms with Crippen molar-refractivity contribution in [3.63, 3.8) is 0 Å². The summed E-state index contributed by atoms with van der Waals surface area (Å²) in [4.78, 5) is 10.6. The lowest BCUT2D eigenvalue weighted by atomic mass is 9.93. The molecule has 0 aromatic carbocycles. The Hall–Kier alpha value is -0.585. The van der Waals surface area contributed by atoms with E-state index in [0.29, 0.717) is 0 Å². The maximum atomic E-state index is 10.6. The molecule has 0 spiro atoms. The summed E-state index contributed by atoms with van der Waals surface area (Å²) in [5.41, 5.74) is 0. The van der Waals surface area contributed by atoms with E-state index in [2.05, 4.69) is 10.6 Å². The van der Waals surface area contributed by atoms with E-state index in [9.17, 15) is 4.79 Å². The third-order valence-corrected chi connectivity index (χ3v) is 0.819. The summed E-state index contributed by atoms with van der Waals surface area (Å²) in [6.45, 7) is 0.187. The van der Waals surface area contributed by atoms with E-state index in [1.54, 1.807) is 7.05 Å². The molecule has 0 aromatic heterocycles. The van der Waals surface area contributed by atoms with E-state index in [1.807, 2.05) is 0 Å². The predicted octanol–water partition coefficient (Wildman–Crippen LogP) is -2.67. The lowest BCUT2D eigenvalue weighted by molar-refractivity contribution is -0.119. The van der Waals surface area contributed by atoms with Gasteiger partial charge in [0.25, 0.3) is 0 Å². The first-order chi connectivity index (χ1) is 4.66. The van der Waals surface area contributed by atoms with Gasteiger partial charge in [0.1, 0.15) is 0 Å². The highest BCUT2D eigenvalue weighted by Gasteiger charge is 2.07. The van der Waals surface area contributed by atoms with E-state index in [4.69, 9.17) is 10.0 Å². The van der Waals surface area contributed by atoms with Gasteiger partial charge in [-0.1, -0.05) is 0 Å². The van der Waals surface area contributed by atoms with Gasteiger partial charge in [-0.25, -0.2) is 0 Å². The van der Waals surface area contributed by atoms with Crippen molar-refractivity contribution in [2.75, 3.05) is 20.0 Å². The van der Waals surface area contributed by atoms with Crippen LogP contribution in [0.2, 0.25) is 0 Å². The van der Waals surface area contributed by atoms with Gasteiger partial charge in [-0.05, 0) is 7.05 Å². The van der Waals surface area contributed by atoms with Crippen LogP contribution in [0.25, 0.3) is 0 Å². The first-order valence-corrected chi connectivity index (χ1v) is 2.94. The Labute approximate surface area is 59.6 Å². The van der Waals surface area contributed by atoms with Crippen LogP contribution in [-0.4, -0.2) is 43.1 Å². The van der Waals surface area contributed by atoms with Gasteiger partial charge < -0.3 is 20.7 Å². The molecule has 0 saturated heterocycles. The Kier molecular flexibility index (Phi) is 4.91. The quantitative estimate of drug-likeness (QED) is 0.326. The van der Waals surface area contributed by atoms with Crippen LogP contribution in [0.4, 0.5) is 0 Å². The fourth-order valence-corrected chi connectivity index (χ4v) is 0.428. The minimum atomic E-state index is -1.47. The van der Waals surface area contributed by atoms with Crippen LogP contribution < -0.4 is 10.6 Å². The van der Waals surface area contributed by atoms with Crippen LogP contribution in [-0.2, 0) is 4.79 Å². The zero-order chi connectivity index (χ0) is 7.98. The molecule has 0 radical (unpaired) electrons. The molecule has 0 fully saturated rings. The number of amides is 1. The number of hydrogen-bond acceptors (Lipinski definition) is 4. The Morgan fingerprint density at radius 2 is 2.20 bits per heavy atom. The molecule has 1 amide bonds.